The van der Waals surface area contributed by atoms with Crippen molar-refractivity contribution in [1.29, 1.82) is 0 Å². The molecule has 0 saturated carbocycles. The lowest BCUT2D eigenvalue weighted by Crippen LogP contribution is -2.42. The van der Waals surface area contributed by atoms with Crippen LogP contribution in [0.25, 0.3) is 0 Å². The van der Waals surface area contributed by atoms with Crippen LogP contribution in [0.4, 0.5) is 4.79 Å². The van der Waals surface area contributed by atoms with Crippen LogP contribution in [0.3, 0.4) is 0 Å². The minimum atomic E-state index is -0.659. The highest BCUT2D eigenvalue weighted by molar-refractivity contribution is 5.91. The zero-order chi connectivity index (χ0) is 17.1. The number of aryl methyl sites for hydroxylation is 1. The number of hydrogen-bond acceptors (Lipinski definition) is 5. The molecule has 0 spiro atoms. The van der Waals surface area contributed by atoms with Gasteiger partial charge in [0.25, 0.3) is 0 Å². The van der Waals surface area contributed by atoms with Gasteiger partial charge in [-0.2, -0.15) is 0 Å². The molecule has 6 nitrogen and oxygen atoms in total. The van der Waals surface area contributed by atoms with Crippen LogP contribution in [-0.2, 0) is 4.74 Å². The van der Waals surface area contributed by atoms with Crippen LogP contribution >= 0.6 is 0 Å². The van der Waals surface area contributed by atoms with Gasteiger partial charge in [0.2, 0.25) is 0 Å². The molecule has 1 N–H and O–H groups in total. The number of carbonyl (C=O) groups is 2. The van der Waals surface area contributed by atoms with E-state index in [0.29, 0.717) is 5.69 Å². The molecule has 0 atom stereocenters. The largest absolute Gasteiger partial charge is 0.455 e. The summed E-state index contributed by atoms with van der Waals surface area (Å²) in [7, 11) is 0. The van der Waals surface area contributed by atoms with E-state index in [1.165, 1.54) is 6.07 Å². The molecule has 0 aromatic carbocycles. The number of amides is 1. The van der Waals surface area contributed by atoms with E-state index in [4.69, 9.17) is 9.47 Å². The molecule has 6 heteroatoms. The fraction of sp³-hybridized carbons (Fsp3) is 0.562. The number of rotatable bonds is 2. The average Bonchev–Trinajstić information content (AvgIpc) is 2.26. The van der Waals surface area contributed by atoms with Gasteiger partial charge in [0.05, 0.1) is 0 Å². The molecule has 0 saturated heterocycles. The Bertz CT molecular complexity index is 568. The minimum absolute atomic E-state index is 0.0148. The second kappa shape index (κ2) is 6.34. The average molecular weight is 308 g/mol. The zero-order valence-corrected chi connectivity index (χ0v) is 14.2. The summed E-state index contributed by atoms with van der Waals surface area (Å²) < 4.78 is 10.5. The van der Waals surface area contributed by atoms with Crippen molar-refractivity contribution < 1.29 is 19.1 Å². The van der Waals surface area contributed by atoms with Crippen LogP contribution in [0.2, 0.25) is 0 Å². The lowest BCUT2D eigenvalue weighted by atomic mass is 10.1. The minimum Gasteiger partial charge on any atom is -0.455 e. The van der Waals surface area contributed by atoms with E-state index in [2.05, 4.69) is 10.3 Å². The van der Waals surface area contributed by atoms with Gasteiger partial charge in [-0.1, -0.05) is 0 Å². The fourth-order valence-corrected chi connectivity index (χ4v) is 1.53. The van der Waals surface area contributed by atoms with Crippen molar-refractivity contribution in [2.45, 2.75) is 59.6 Å². The summed E-state index contributed by atoms with van der Waals surface area (Å²) in [5, 5.41) is 2.66. The molecule has 0 aliphatic rings. The molecule has 122 valence electrons. The third-order valence-corrected chi connectivity index (χ3v) is 2.27. The monoisotopic (exact) mass is 308 g/mol. The second-order valence-electron chi connectivity index (χ2n) is 7.07. The number of nitrogens with one attached hydrogen (secondary N) is 1. The molecular formula is C16H24N2O4. The molecule has 22 heavy (non-hydrogen) atoms. The molecule has 0 fully saturated rings. The lowest BCUT2D eigenvalue weighted by molar-refractivity contribution is 0.00601. The third-order valence-electron chi connectivity index (χ3n) is 2.27. The first-order chi connectivity index (χ1) is 9.87. The Balaban J connectivity index is 3.01. The summed E-state index contributed by atoms with van der Waals surface area (Å²) in [6, 6.07) is 3.19. The lowest BCUT2D eigenvalue weighted by Gasteiger charge is -2.21. The van der Waals surface area contributed by atoms with Crippen LogP contribution in [0.5, 0.6) is 5.75 Å². The van der Waals surface area contributed by atoms with Crippen molar-refractivity contribution in [3.8, 4) is 5.75 Å². The summed E-state index contributed by atoms with van der Waals surface area (Å²) in [4.78, 5) is 28.2. The first kappa shape index (κ1) is 17.9. The Kier molecular flexibility index (Phi) is 5.17. The van der Waals surface area contributed by atoms with Gasteiger partial charge < -0.3 is 14.8 Å². The van der Waals surface area contributed by atoms with Crippen LogP contribution in [-0.4, -0.2) is 28.2 Å². The van der Waals surface area contributed by atoms with E-state index >= 15 is 0 Å². The van der Waals surface area contributed by atoms with Gasteiger partial charge in [0.1, 0.15) is 5.60 Å². The van der Waals surface area contributed by atoms with Crippen molar-refractivity contribution in [3.05, 3.63) is 23.5 Å². The predicted octanol–water partition coefficient (Wildman–Crippen LogP) is 3.23. The highest BCUT2D eigenvalue weighted by atomic mass is 16.6. The molecule has 0 bridgehead atoms. The van der Waals surface area contributed by atoms with E-state index in [-0.39, 0.29) is 11.4 Å². The molecule has 0 radical (unpaired) electrons. The van der Waals surface area contributed by atoms with Crippen molar-refractivity contribution in [1.82, 2.24) is 10.3 Å². The van der Waals surface area contributed by atoms with Crippen molar-refractivity contribution >= 4 is 12.1 Å². The number of hydrogen-bond donors (Lipinski definition) is 1. The Hall–Kier alpha value is -2.11. The Morgan fingerprint density at radius 1 is 1.09 bits per heavy atom. The summed E-state index contributed by atoms with van der Waals surface area (Å²) >= 11 is 0. The maximum absolute atomic E-state index is 12.2. The summed E-state index contributed by atoms with van der Waals surface area (Å²) in [5.41, 5.74) is -0.488. The van der Waals surface area contributed by atoms with Gasteiger partial charge in [0.15, 0.2) is 11.4 Å². The van der Waals surface area contributed by atoms with Crippen LogP contribution in [0.1, 0.15) is 57.7 Å². The maximum Gasteiger partial charge on any atom is 0.413 e. The topological polar surface area (TPSA) is 77.5 Å². The summed E-state index contributed by atoms with van der Waals surface area (Å²) in [6.07, 6.45) is -0.650. The van der Waals surface area contributed by atoms with E-state index in [0.717, 1.165) is 0 Å². The number of ether oxygens (including phenoxy) is 2. The molecule has 0 aliphatic carbocycles. The molecule has 1 amide bonds. The first-order valence-corrected chi connectivity index (χ1v) is 7.08. The van der Waals surface area contributed by atoms with E-state index in [9.17, 15) is 9.59 Å². The predicted molar refractivity (Wildman–Crippen MR) is 83.1 cm³/mol. The normalized spacial score (nSPS) is 11.8. The van der Waals surface area contributed by atoms with Crippen LogP contribution in [0.15, 0.2) is 12.1 Å². The van der Waals surface area contributed by atoms with Gasteiger partial charge in [0, 0.05) is 11.2 Å². The molecule has 0 unspecified atom stereocenters. The fourth-order valence-electron chi connectivity index (χ4n) is 1.53. The van der Waals surface area contributed by atoms with Crippen LogP contribution < -0.4 is 10.1 Å². The Labute approximate surface area is 131 Å². The van der Waals surface area contributed by atoms with E-state index in [1.54, 1.807) is 33.8 Å². The first-order valence-electron chi connectivity index (χ1n) is 7.08. The van der Waals surface area contributed by atoms with Crippen molar-refractivity contribution in [3.63, 3.8) is 0 Å². The SMILES string of the molecule is Cc1ccc(OC(=O)NC(C)(C)C)c(C(=O)OC(C)(C)C)n1. The molecular weight excluding hydrogens is 284 g/mol. The smallest absolute Gasteiger partial charge is 0.413 e. The molecule has 1 rings (SSSR count). The van der Waals surface area contributed by atoms with Gasteiger partial charge in [-0.3, -0.25) is 0 Å². The quantitative estimate of drug-likeness (QED) is 0.849. The van der Waals surface area contributed by atoms with Gasteiger partial charge in [-0.15, -0.1) is 0 Å². The molecule has 1 aromatic heterocycles. The highest BCUT2D eigenvalue weighted by Gasteiger charge is 2.24. The van der Waals surface area contributed by atoms with E-state index < -0.39 is 23.2 Å². The number of esters is 1. The third kappa shape index (κ3) is 6.11. The van der Waals surface area contributed by atoms with E-state index in [1.807, 2.05) is 20.8 Å². The molecule has 1 heterocycles. The van der Waals surface area contributed by atoms with Gasteiger partial charge >= 0.3 is 12.1 Å². The standard InChI is InChI=1S/C16H24N2O4/c1-10-8-9-11(21-14(20)18-15(2,3)4)12(17-10)13(19)22-16(5,6)7/h8-9H,1-7H3,(H,18,20). The highest BCUT2D eigenvalue weighted by Crippen LogP contribution is 2.21. The van der Waals surface area contributed by atoms with Crippen LogP contribution in [0, 0.1) is 6.92 Å². The Morgan fingerprint density at radius 2 is 1.68 bits per heavy atom. The molecule has 1 aromatic rings. The van der Waals surface area contributed by atoms with Crippen molar-refractivity contribution in [2.75, 3.05) is 0 Å². The van der Waals surface area contributed by atoms with Gasteiger partial charge in [-0.25, -0.2) is 14.6 Å². The number of pyridine rings is 1. The van der Waals surface area contributed by atoms with Gasteiger partial charge in [-0.05, 0) is 60.6 Å². The Morgan fingerprint density at radius 3 is 2.18 bits per heavy atom. The summed E-state index contributed by atoms with van der Waals surface area (Å²) in [6.45, 7) is 12.5. The number of aromatic nitrogens is 1. The molecule has 0 aliphatic heterocycles. The number of carbonyl (C=O) groups excluding carboxylic acids is 2. The second-order valence-corrected chi connectivity index (χ2v) is 7.07. The summed E-state index contributed by atoms with van der Waals surface area (Å²) in [5.74, 6) is -0.559. The van der Waals surface area contributed by atoms with Crippen molar-refractivity contribution in [2.24, 2.45) is 0 Å². The zero-order valence-electron chi connectivity index (χ0n) is 14.2. The number of nitrogens with zero attached hydrogens (tertiary/aromatic N) is 1. The maximum atomic E-state index is 12.2.